The lowest BCUT2D eigenvalue weighted by Gasteiger charge is -2.32. The molecule has 0 unspecified atom stereocenters. The molecule has 0 bridgehead atoms. The van der Waals surface area contributed by atoms with Gasteiger partial charge < -0.3 is 9.64 Å². The fourth-order valence-corrected chi connectivity index (χ4v) is 2.74. The van der Waals surface area contributed by atoms with Gasteiger partial charge in [-0.05, 0) is 30.7 Å². The average molecular weight is 311 g/mol. The zero-order valence-corrected chi connectivity index (χ0v) is 14.4. The summed E-state index contributed by atoms with van der Waals surface area (Å²) in [7, 11) is 2.18. The highest BCUT2D eigenvalue weighted by molar-refractivity contribution is 6.30. The number of likely N-dealkylation sites (N-methyl/N-ethyl adjacent to an activating group) is 1. The number of hydrogen-bond donors (Lipinski definition) is 0. The highest BCUT2D eigenvalue weighted by Crippen LogP contribution is 2.33. The molecule has 118 valence electrons. The molecule has 21 heavy (non-hydrogen) atoms. The van der Waals surface area contributed by atoms with Crippen LogP contribution in [-0.4, -0.2) is 56.2 Å². The molecule has 0 radical (unpaired) electrons. The Kier molecular flexibility index (Phi) is 5.53. The van der Waals surface area contributed by atoms with Crippen LogP contribution in [0.25, 0.3) is 0 Å². The van der Waals surface area contributed by atoms with Gasteiger partial charge in [-0.1, -0.05) is 32.4 Å². The molecule has 1 aromatic rings. The summed E-state index contributed by atoms with van der Waals surface area (Å²) in [6.07, 6.45) is 0. The number of ether oxygens (including phenoxy) is 1. The van der Waals surface area contributed by atoms with Gasteiger partial charge in [-0.2, -0.15) is 0 Å². The first-order valence-corrected chi connectivity index (χ1v) is 8.08. The van der Waals surface area contributed by atoms with Crippen molar-refractivity contribution < 1.29 is 4.74 Å². The molecule has 0 spiro atoms. The number of rotatable bonds is 4. The zero-order chi connectivity index (χ0) is 15.5. The number of halogens is 1. The van der Waals surface area contributed by atoms with E-state index in [1.807, 2.05) is 18.2 Å². The lowest BCUT2D eigenvalue weighted by molar-refractivity contribution is 0.133. The molecule has 1 heterocycles. The van der Waals surface area contributed by atoms with Crippen molar-refractivity contribution in [3.05, 3.63) is 28.8 Å². The largest absolute Gasteiger partial charge is 0.492 e. The average Bonchev–Trinajstić information content (AvgIpc) is 2.41. The topological polar surface area (TPSA) is 15.7 Å². The molecule has 4 heteroatoms. The van der Waals surface area contributed by atoms with Crippen LogP contribution in [-0.2, 0) is 5.41 Å². The van der Waals surface area contributed by atoms with Crippen LogP contribution < -0.4 is 4.74 Å². The van der Waals surface area contributed by atoms with E-state index in [4.69, 9.17) is 16.3 Å². The molecule has 0 aromatic heterocycles. The molecule has 0 N–H and O–H groups in total. The second kappa shape index (κ2) is 6.99. The van der Waals surface area contributed by atoms with E-state index in [9.17, 15) is 0 Å². The van der Waals surface area contributed by atoms with E-state index in [1.54, 1.807) is 0 Å². The zero-order valence-electron chi connectivity index (χ0n) is 13.7. The Balaban J connectivity index is 1.91. The van der Waals surface area contributed by atoms with E-state index in [2.05, 4.69) is 37.6 Å². The summed E-state index contributed by atoms with van der Waals surface area (Å²) < 4.78 is 6.03. The van der Waals surface area contributed by atoms with Crippen molar-refractivity contribution in [2.45, 2.75) is 26.2 Å². The minimum Gasteiger partial charge on any atom is -0.492 e. The van der Waals surface area contributed by atoms with Crippen LogP contribution in [0.5, 0.6) is 5.75 Å². The first kappa shape index (κ1) is 16.6. The highest BCUT2D eigenvalue weighted by Gasteiger charge is 2.20. The van der Waals surface area contributed by atoms with Crippen molar-refractivity contribution in [1.82, 2.24) is 9.80 Å². The first-order chi connectivity index (χ1) is 9.86. The maximum Gasteiger partial charge on any atom is 0.123 e. The third-order valence-corrected chi connectivity index (χ3v) is 4.25. The Hall–Kier alpha value is -0.770. The predicted octanol–water partition coefficient (Wildman–Crippen LogP) is 3.26. The Bertz CT molecular complexity index is 462. The molecule has 1 fully saturated rings. The molecule has 3 nitrogen and oxygen atoms in total. The van der Waals surface area contributed by atoms with Gasteiger partial charge in [0.15, 0.2) is 0 Å². The van der Waals surface area contributed by atoms with Crippen molar-refractivity contribution in [3.8, 4) is 5.75 Å². The molecule has 1 aromatic carbocycles. The van der Waals surface area contributed by atoms with Crippen LogP contribution >= 0.6 is 11.6 Å². The van der Waals surface area contributed by atoms with Gasteiger partial charge in [0.25, 0.3) is 0 Å². The summed E-state index contributed by atoms with van der Waals surface area (Å²) in [5, 5.41) is 0.770. The monoisotopic (exact) mass is 310 g/mol. The van der Waals surface area contributed by atoms with Gasteiger partial charge >= 0.3 is 0 Å². The smallest absolute Gasteiger partial charge is 0.123 e. The van der Waals surface area contributed by atoms with Crippen LogP contribution in [0.3, 0.4) is 0 Å². The second-order valence-electron chi connectivity index (χ2n) is 6.88. The molecule has 1 aliphatic heterocycles. The van der Waals surface area contributed by atoms with E-state index in [0.29, 0.717) is 0 Å². The maximum absolute atomic E-state index is 6.12. The molecule has 0 aliphatic carbocycles. The Morgan fingerprint density at radius 1 is 1.14 bits per heavy atom. The molecule has 2 rings (SSSR count). The maximum atomic E-state index is 6.12. The summed E-state index contributed by atoms with van der Waals surface area (Å²) >= 11 is 6.12. The van der Waals surface area contributed by atoms with Crippen molar-refractivity contribution in [3.63, 3.8) is 0 Å². The van der Waals surface area contributed by atoms with Crippen LogP contribution in [0, 0.1) is 0 Å². The van der Waals surface area contributed by atoms with Crippen LogP contribution in [0.2, 0.25) is 5.02 Å². The first-order valence-electron chi connectivity index (χ1n) is 7.70. The van der Waals surface area contributed by atoms with Crippen molar-refractivity contribution in [2.75, 3.05) is 46.4 Å². The fraction of sp³-hybridized carbons (Fsp3) is 0.647. The predicted molar refractivity (Wildman–Crippen MR) is 89.6 cm³/mol. The van der Waals surface area contributed by atoms with Crippen LogP contribution in [0.15, 0.2) is 18.2 Å². The second-order valence-corrected chi connectivity index (χ2v) is 7.32. The van der Waals surface area contributed by atoms with Gasteiger partial charge in [0, 0.05) is 43.3 Å². The quantitative estimate of drug-likeness (QED) is 0.849. The molecule has 1 aliphatic rings. The fourth-order valence-electron chi connectivity index (χ4n) is 2.57. The summed E-state index contributed by atoms with van der Waals surface area (Å²) in [5.41, 5.74) is 1.21. The van der Waals surface area contributed by atoms with Gasteiger partial charge in [-0.15, -0.1) is 0 Å². The van der Waals surface area contributed by atoms with Crippen molar-refractivity contribution >= 4 is 11.6 Å². The SMILES string of the molecule is CN1CCN(CCOc2ccc(Cl)cc2C(C)(C)C)CC1. The molecule has 0 amide bonds. The van der Waals surface area contributed by atoms with Crippen LogP contribution in [0.1, 0.15) is 26.3 Å². The minimum absolute atomic E-state index is 0.0358. The lowest BCUT2D eigenvalue weighted by atomic mass is 9.86. The Labute approximate surface area is 133 Å². The summed E-state index contributed by atoms with van der Waals surface area (Å²) in [4.78, 5) is 4.83. The molecular formula is C17H27ClN2O. The van der Waals surface area contributed by atoms with Crippen molar-refractivity contribution in [1.29, 1.82) is 0 Å². The molecule has 0 atom stereocenters. The molecule has 0 saturated carbocycles. The molecule has 1 saturated heterocycles. The van der Waals surface area contributed by atoms with Crippen molar-refractivity contribution in [2.24, 2.45) is 0 Å². The number of piperazine rings is 1. The van der Waals surface area contributed by atoms with E-state index in [0.717, 1.165) is 50.1 Å². The van der Waals surface area contributed by atoms with Gasteiger partial charge in [0.05, 0.1) is 0 Å². The van der Waals surface area contributed by atoms with Gasteiger partial charge in [0.2, 0.25) is 0 Å². The number of nitrogens with zero attached hydrogens (tertiary/aromatic N) is 2. The highest BCUT2D eigenvalue weighted by atomic mass is 35.5. The van der Waals surface area contributed by atoms with Crippen LogP contribution in [0.4, 0.5) is 0 Å². The standard InChI is InChI=1S/C17H27ClN2O/c1-17(2,3)15-13-14(18)5-6-16(15)21-12-11-20-9-7-19(4)8-10-20/h5-6,13H,7-12H2,1-4H3. The number of benzene rings is 1. The summed E-state index contributed by atoms with van der Waals surface area (Å²) in [5.74, 6) is 0.959. The number of hydrogen-bond acceptors (Lipinski definition) is 3. The van der Waals surface area contributed by atoms with Gasteiger partial charge in [-0.3, -0.25) is 4.90 Å². The normalized spacial score (nSPS) is 18.0. The van der Waals surface area contributed by atoms with Gasteiger partial charge in [0.1, 0.15) is 12.4 Å². The Morgan fingerprint density at radius 3 is 2.43 bits per heavy atom. The third kappa shape index (κ3) is 4.87. The van der Waals surface area contributed by atoms with E-state index in [1.165, 1.54) is 5.56 Å². The minimum atomic E-state index is 0.0358. The third-order valence-electron chi connectivity index (χ3n) is 4.01. The summed E-state index contributed by atoms with van der Waals surface area (Å²) in [6, 6.07) is 5.92. The molecular weight excluding hydrogens is 284 g/mol. The lowest BCUT2D eigenvalue weighted by Crippen LogP contribution is -2.45. The van der Waals surface area contributed by atoms with Gasteiger partial charge in [-0.25, -0.2) is 0 Å². The van der Waals surface area contributed by atoms with E-state index >= 15 is 0 Å². The van der Waals surface area contributed by atoms with E-state index in [-0.39, 0.29) is 5.41 Å². The van der Waals surface area contributed by atoms with E-state index < -0.39 is 0 Å². The Morgan fingerprint density at radius 2 is 1.81 bits per heavy atom. The summed E-state index contributed by atoms with van der Waals surface area (Å²) in [6.45, 7) is 12.8.